The number of halogens is 1. The van der Waals surface area contributed by atoms with Crippen molar-refractivity contribution >= 4 is 40.5 Å². The Balaban J connectivity index is 1.22. The maximum Gasteiger partial charge on any atom is 0.417 e. The van der Waals surface area contributed by atoms with Gasteiger partial charge in [-0.15, -0.1) is 11.3 Å². The van der Waals surface area contributed by atoms with Crippen molar-refractivity contribution < 1.29 is 18.7 Å². The highest BCUT2D eigenvalue weighted by Gasteiger charge is 2.32. The average Bonchev–Trinajstić information content (AvgIpc) is 3.42. The number of fused-ring (bicyclic) bond motifs is 1. The SMILES string of the molecule is Cc1c(-c2cn(C)c(=O)c(Nc3ccc(C4C(=O)N(C)CCN4C)cc3)n2)ccc(F)c1NC(=O)Oc1cc2c(s1)CCCC2. The Morgan fingerprint density at radius 1 is 1.04 bits per heavy atom. The molecule has 0 bridgehead atoms. The number of carbonyl (C=O) groups is 2. The summed E-state index contributed by atoms with van der Waals surface area (Å²) in [6, 6.07) is 11.7. The summed E-state index contributed by atoms with van der Waals surface area (Å²) in [4.78, 5) is 48.2. The molecular weight excluding hydrogens is 595 g/mol. The van der Waals surface area contributed by atoms with E-state index in [-0.39, 0.29) is 29.0 Å². The van der Waals surface area contributed by atoms with Crippen molar-refractivity contribution in [3.63, 3.8) is 0 Å². The van der Waals surface area contributed by atoms with Crippen LogP contribution in [-0.2, 0) is 24.7 Å². The summed E-state index contributed by atoms with van der Waals surface area (Å²) in [7, 11) is 5.34. The van der Waals surface area contributed by atoms with Crippen molar-refractivity contribution in [1.29, 1.82) is 0 Å². The lowest BCUT2D eigenvalue weighted by molar-refractivity contribution is -0.139. The van der Waals surface area contributed by atoms with Crippen LogP contribution in [0.3, 0.4) is 0 Å². The molecule has 10 nitrogen and oxygen atoms in total. The van der Waals surface area contributed by atoms with Crippen LogP contribution in [0.15, 0.2) is 53.5 Å². The van der Waals surface area contributed by atoms with E-state index in [4.69, 9.17) is 4.74 Å². The molecule has 12 heteroatoms. The van der Waals surface area contributed by atoms with Gasteiger partial charge in [-0.1, -0.05) is 12.1 Å². The zero-order valence-electron chi connectivity index (χ0n) is 25.6. The molecular formula is C33H35FN6O4S. The van der Waals surface area contributed by atoms with Crippen LogP contribution >= 0.6 is 11.3 Å². The first-order valence-electron chi connectivity index (χ1n) is 14.9. The summed E-state index contributed by atoms with van der Waals surface area (Å²) in [5.41, 5.74) is 3.69. The van der Waals surface area contributed by atoms with Crippen molar-refractivity contribution in [1.82, 2.24) is 19.4 Å². The van der Waals surface area contributed by atoms with E-state index in [1.165, 1.54) is 32.4 Å². The summed E-state index contributed by atoms with van der Waals surface area (Å²) in [6.07, 6.45) is 4.98. The van der Waals surface area contributed by atoms with Crippen LogP contribution in [0.2, 0.25) is 0 Å². The number of likely N-dealkylation sites (N-methyl/N-ethyl adjacent to an activating group) is 2. The third kappa shape index (κ3) is 6.20. The maximum absolute atomic E-state index is 15.0. The predicted octanol–water partition coefficient (Wildman–Crippen LogP) is 5.63. The van der Waals surface area contributed by atoms with E-state index in [0.717, 1.165) is 37.8 Å². The molecule has 2 aliphatic rings. The van der Waals surface area contributed by atoms with Gasteiger partial charge in [-0.25, -0.2) is 14.2 Å². The van der Waals surface area contributed by atoms with Gasteiger partial charge in [0, 0.05) is 49.5 Å². The zero-order valence-corrected chi connectivity index (χ0v) is 26.5. The van der Waals surface area contributed by atoms with E-state index < -0.39 is 11.9 Å². The van der Waals surface area contributed by atoms with Gasteiger partial charge in [0.1, 0.15) is 11.9 Å². The Morgan fingerprint density at radius 2 is 1.80 bits per heavy atom. The number of carbonyl (C=O) groups excluding carboxylic acids is 2. The molecule has 1 aliphatic carbocycles. The van der Waals surface area contributed by atoms with E-state index in [9.17, 15) is 18.8 Å². The molecule has 1 unspecified atom stereocenters. The third-order valence-corrected chi connectivity index (χ3v) is 9.60. The number of hydrogen-bond acceptors (Lipinski definition) is 8. The molecule has 0 radical (unpaired) electrons. The summed E-state index contributed by atoms with van der Waals surface area (Å²) >= 11 is 1.45. The summed E-state index contributed by atoms with van der Waals surface area (Å²) < 4.78 is 21.9. The number of thiophene rings is 1. The molecule has 3 heterocycles. The summed E-state index contributed by atoms with van der Waals surface area (Å²) in [6.45, 7) is 3.14. The minimum atomic E-state index is -0.778. The molecule has 2 N–H and O–H groups in total. The molecule has 2 aromatic carbocycles. The second-order valence-electron chi connectivity index (χ2n) is 11.6. The van der Waals surface area contributed by atoms with Crippen molar-refractivity contribution in [3.8, 4) is 16.3 Å². The lowest BCUT2D eigenvalue weighted by atomic mass is 10.00. The van der Waals surface area contributed by atoms with Crippen LogP contribution in [0.25, 0.3) is 11.3 Å². The minimum Gasteiger partial charge on any atom is -0.399 e. The van der Waals surface area contributed by atoms with Crippen molar-refractivity contribution in [2.75, 3.05) is 37.8 Å². The Kier molecular flexibility index (Phi) is 8.43. The molecule has 0 spiro atoms. The molecule has 2 aromatic heterocycles. The number of rotatable bonds is 6. The van der Waals surface area contributed by atoms with Gasteiger partial charge in [0.15, 0.2) is 10.9 Å². The fourth-order valence-electron chi connectivity index (χ4n) is 5.89. The topological polar surface area (TPSA) is 109 Å². The normalized spacial score (nSPS) is 16.8. The molecule has 1 saturated heterocycles. The van der Waals surface area contributed by atoms with Crippen LogP contribution in [0, 0.1) is 12.7 Å². The third-order valence-electron chi connectivity index (χ3n) is 8.48. The zero-order chi connectivity index (χ0) is 31.8. The lowest BCUT2D eigenvalue weighted by Gasteiger charge is -2.37. The molecule has 1 aliphatic heterocycles. The molecule has 4 aromatic rings. The van der Waals surface area contributed by atoms with E-state index in [1.807, 2.05) is 30.1 Å². The van der Waals surface area contributed by atoms with Gasteiger partial charge in [-0.05, 0) is 86.7 Å². The van der Waals surface area contributed by atoms with Gasteiger partial charge < -0.3 is 19.5 Å². The maximum atomic E-state index is 15.0. The average molecular weight is 631 g/mol. The van der Waals surface area contributed by atoms with E-state index in [2.05, 4.69) is 15.6 Å². The number of hydrogen-bond donors (Lipinski definition) is 2. The first-order chi connectivity index (χ1) is 21.6. The van der Waals surface area contributed by atoms with Gasteiger partial charge >= 0.3 is 6.09 Å². The number of aryl methyl sites for hydroxylation is 3. The van der Waals surface area contributed by atoms with Crippen LogP contribution in [0.1, 0.15) is 40.5 Å². The van der Waals surface area contributed by atoms with Gasteiger partial charge in [0.2, 0.25) is 5.91 Å². The van der Waals surface area contributed by atoms with Crippen molar-refractivity contribution in [2.24, 2.45) is 7.05 Å². The van der Waals surface area contributed by atoms with E-state index >= 15 is 0 Å². The molecule has 6 rings (SSSR count). The van der Waals surface area contributed by atoms with Crippen LogP contribution in [-0.4, -0.2) is 58.5 Å². The van der Waals surface area contributed by atoms with Crippen molar-refractivity contribution in [3.05, 3.63) is 86.4 Å². The molecule has 0 saturated carbocycles. The van der Waals surface area contributed by atoms with E-state index in [0.29, 0.717) is 34.1 Å². The van der Waals surface area contributed by atoms with Crippen LogP contribution in [0.5, 0.6) is 5.06 Å². The fraction of sp³-hybridized carbons (Fsp3) is 0.333. The Labute approximate surface area is 264 Å². The van der Waals surface area contributed by atoms with Gasteiger partial charge in [-0.2, -0.15) is 0 Å². The van der Waals surface area contributed by atoms with E-state index in [1.54, 1.807) is 50.3 Å². The molecule has 1 atom stereocenters. The number of anilines is 3. The second kappa shape index (κ2) is 12.4. The highest BCUT2D eigenvalue weighted by molar-refractivity contribution is 7.14. The number of aromatic nitrogens is 2. The molecule has 1 fully saturated rings. The standard InChI is InChI=1S/C33H35FN6O4S/c1-19-23(13-14-24(34)28(19)37-33(43)44-27-17-21-7-5-6-8-26(21)45-27)25-18-40(4)32(42)30(36-25)35-22-11-9-20(10-12-22)29-31(41)39(3)16-15-38(29)2/h9-14,17-18,29H,5-8,15-16H2,1-4H3,(H,35,36)(H,37,43). The number of nitrogens with one attached hydrogen (secondary N) is 2. The van der Waals surface area contributed by atoms with Gasteiger partial charge in [0.05, 0.1) is 11.4 Å². The number of amides is 2. The largest absolute Gasteiger partial charge is 0.417 e. The number of ether oxygens (including phenoxy) is 1. The lowest BCUT2D eigenvalue weighted by Crippen LogP contribution is -2.48. The molecule has 45 heavy (non-hydrogen) atoms. The Morgan fingerprint density at radius 3 is 2.56 bits per heavy atom. The fourth-order valence-corrected chi connectivity index (χ4v) is 6.99. The van der Waals surface area contributed by atoms with Crippen LogP contribution in [0.4, 0.5) is 26.4 Å². The first-order valence-corrected chi connectivity index (χ1v) is 15.7. The highest BCUT2D eigenvalue weighted by atomic mass is 32.1. The number of nitrogens with zero attached hydrogens (tertiary/aromatic N) is 4. The number of benzene rings is 2. The quantitative estimate of drug-likeness (QED) is 0.284. The van der Waals surface area contributed by atoms with Gasteiger partial charge in [0.25, 0.3) is 5.56 Å². The molecule has 234 valence electrons. The molecule has 2 amide bonds. The predicted molar refractivity (Wildman–Crippen MR) is 173 cm³/mol. The summed E-state index contributed by atoms with van der Waals surface area (Å²) in [5, 5.41) is 6.15. The smallest absolute Gasteiger partial charge is 0.399 e. The highest BCUT2D eigenvalue weighted by Crippen LogP contribution is 2.35. The van der Waals surface area contributed by atoms with Gasteiger partial charge in [-0.3, -0.25) is 19.8 Å². The monoisotopic (exact) mass is 630 g/mol. The summed E-state index contributed by atoms with van der Waals surface area (Å²) in [5.74, 6) is -0.502. The second-order valence-corrected chi connectivity index (χ2v) is 12.7. The Hall–Kier alpha value is -4.55. The van der Waals surface area contributed by atoms with Crippen molar-refractivity contribution in [2.45, 2.75) is 38.6 Å². The first kappa shape index (κ1) is 30.5. The Bertz CT molecular complexity index is 1810. The van der Waals surface area contributed by atoms with Crippen LogP contribution < -0.4 is 20.9 Å². The number of piperazine rings is 1. The minimum absolute atomic E-state index is 0.0209.